The van der Waals surface area contributed by atoms with Crippen LogP contribution in [0.3, 0.4) is 0 Å². The molecule has 3 unspecified atom stereocenters. The Morgan fingerprint density at radius 2 is 1.90 bits per heavy atom. The lowest BCUT2D eigenvalue weighted by atomic mass is 10.1. The molecule has 21 heavy (non-hydrogen) atoms. The van der Waals surface area contributed by atoms with Crippen molar-refractivity contribution in [2.75, 3.05) is 19.8 Å². The molecular weight excluding hydrogens is 284 g/mol. The molecule has 0 aromatic rings. The summed E-state index contributed by atoms with van der Waals surface area (Å²) in [5.41, 5.74) is 0. The van der Waals surface area contributed by atoms with E-state index in [0.717, 1.165) is 45.1 Å². The summed E-state index contributed by atoms with van der Waals surface area (Å²) in [4.78, 5) is 28.9. The van der Waals surface area contributed by atoms with Crippen LogP contribution in [-0.4, -0.2) is 58.8 Å². The lowest BCUT2D eigenvalue weighted by Crippen LogP contribution is -2.49. The van der Waals surface area contributed by atoms with Gasteiger partial charge in [-0.1, -0.05) is 0 Å². The number of carbonyl (C=O) groups is 2. The lowest BCUT2D eigenvalue weighted by molar-refractivity contribution is -0.144. The van der Waals surface area contributed by atoms with E-state index in [2.05, 4.69) is 6.26 Å². The van der Waals surface area contributed by atoms with E-state index in [9.17, 15) is 9.59 Å². The average Bonchev–Trinajstić information content (AvgIpc) is 3.05. The van der Waals surface area contributed by atoms with Gasteiger partial charge in [-0.3, -0.25) is 9.59 Å². The maximum absolute atomic E-state index is 12.8. The van der Waals surface area contributed by atoms with Crippen LogP contribution in [0.5, 0.6) is 0 Å². The Morgan fingerprint density at radius 1 is 1.14 bits per heavy atom. The van der Waals surface area contributed by atoms with Crippen LogP contribution in [0.1, 0.15) is 44.9 Å². The fourth-order valence-electron chi connectivity index (χ4n) is 3.75. The Morgan fingerprint density at radius 3 is 2.52 bits per heavy atom. The lowest BCUT2D eigenvalue weighted by Gasteiger charge is -2.31. The Balaban J connectivity index is 1.62. The summed E-state index contributed by atoms with van der Waals surface area (Å²) in [6.45, 7) is 0.775. The zero-order chi connectivity index (χ0) is 15.0. The Hall–Kier alpha value is -0.710. The molecule has 118 valence electrons. The molecular formula is C16H26N2O2S. The van der Waals surface area contributed by atoms with Crippen molar-refractivity contribution in [3.05, 3.63) is 0 Å². The summed E-state index contributed by atoms with van der Waals surface area (Å²) in [6, 6.07) is 0.185. The van der Waals surface area contributed by atoms with Crippen LogP contribution in [0.2, 0.25) is 0 Å². The van der Waals surface area contributed by atoms with Gasteiger partial charge in [0.05, 0.1) is 0 Å². The maximum atomic E-state index is 12.8. The van der Waals surface area contributed by atoms with Gasteiger partial charge in [0.25, 0.3) is 0 Å². The zero-order valence-electron chi connectivity index (χ0n) is 13.1. The van der Waals surface area contributed by atoms with Gasteiger partial charge in [0, 0.05) is 30.8 Å². The van der Waals surface area contributed by atoms with Crippen molar-refractivity contribution >= 4 is 23.6 Å². The van der Waals surface area contributed by atoms with Crippen molar-refractivity contribution in [1.82, 2.24) is 9.80 Å². The molecule has 3 rings (SSSR count). The Bertz CT molecular complexity index is 425. The van der Waals surface area contributed by atoms with Gasteiger partial charge in [0.2, 0.25) is 11.8 Å². The molecule has 3 atom stereocenters. The van der Waals surface area contributed by atoms with Crippen LogP contribution >= 0.6 is 11.8 Å². The van der Waals surface area contributed by atoms with Crippen molar-refractivity contribution in [1.29, 1.82) is 0 Å². The normalized spacial score (nSPS) is 32.5. The minimum atomic E-state index is -0.184. The van der Waals surface area contributed by atoms with Crippen molar-refractivity contribution < 1.29 is 9.59 Å². The van der Waals surface area contributed by atoms with Crippen molar-refractivity contribution in [2.45, 2.75) is 62.3 Å². The second kappa shape index (κ2) is 6.19. The van der Waals surface area contributed by atoms with E-state index in [1.54, 1.807) is 0 Å². The van der Waals surface area contributed by atoms with Gasteiger partial charge in [-0.05, 0) is 51.2 Å². The quantitative estimate of drug-likeness (QED) is 0.799. The molecule has 2 saturated carbocycles. The number of hydrogen-bond acceptors (Lipinski definition) is 3. The van der Waals surface area contributed by atoms with E-state index < -0.39 is 0 Å². The summed E-state index contributed by atoms with van der Waals surface area (Å²) in [5.74, 6) is 0.622. The molecule has 1 heterocycles. The third kappa shape index (κ3) is 3.08. The van der Waals surface area contributed by atoms with Crippen molar-refractivity contribution in [3.8, 4) is 0 Å². The molecule has 0 N–H and O–H groups in total. The molecule has 0 aromatic carbocycles. The molecule has 3 fully saturated rings. The van der Waals surface area contributed by atoms with Gasteiger partial charge >= 0.3 is 0 Å². The number of nitrogens with zero attached hydrogens (tertiary/aromatic N) is 2. The van der Waals surface area contributed by atoms with Crippen LogP contribution < -0.4 is 0 Å². The molecule has 3 aliphatic rings. The predicted octanol–water partition coefficient (Wildman–Crippen LogP) is 2.13. The molecule has 0 aromatic heterocycles. The van der Waals surface area contributed by atoms with E-state index in [1.807, 2.05) is 28.6 Å². The molecule has 0 bridgehead atoms. The highest BCUT2D eigenvalue weighted by Crippen LogP contribution is 2.35. The van der Waals surface area contributed by atoms with Gasteiger partial charge in [0.15, 0.2) is 0 Å². The van der Waals surface area contributed by atoms with E-state index in [0.29, 0.717) is 11.3 Å². The fraction of sp³-hybridized carbons (Fsp3) is 0.875. The first-order valence-electron chi connectivity index (χ1n) is 8.21. The predicted molar refractivity (Wildman–Crippen MR) is 85.2 cm³/mol. The van der Waals surface area contributed by atoms with Crippen molar-refractivity contribution in [2.24, 2.45) is 5.92 Å². The van der Waals surface area contributed by atoms with Crippen LogP contribution in [0.25, 0.3) is 0 Å². The van der Waals surface area contributed by atoms with Crippen LogP contribution in [0.4, 0.5) is 0 Å². The SMILES string of the molecule is CSC1CCC(N(C)C(=O)C2CCCN2C(=O)C2CC2)C1. The zero-order valence-corrected chi connectivity index (χ0v) is 13.9. The van der Waals surface area contributed by atoms with E-state index in [4.69, 9.17) is 0 Å². The number of carbonyl (C=O) groups excluding carboxylic acids is 2. The molecule has 5 heteroatoms. The van der Waals surface area contributed by atoms with E-state index >= 15 is 0 Å². The highest BCUT2D eigenvalue weighted by Gasteiger charge is 2.42. The third-order valence-electron chi connectivity index (χ3n) is 5.33. The highest BCUT2D eigenvalue weighted by atomic mass is 32.2. The number of hydrogen-bond donors (Lipinski definition) is 0. The first-order chi connectivity index (χ1) is 10.1. The van der Waals surface area contributed by atoms with Gasteiger partial charge in [0.1, 0.15) is 6.04 Å². The van der Waals surface area contributed by atoms with E-state index in [-0.39, 0.29) is 23.8 Å². The summed E-state index contributed by atoms with van der Waals surface area (Å²) < 4.78 is 0. The van der Waals surface area contributed by atoms with Crippen molar-refractivity contribution in [3.63, 3.8) is 0 Å². The minimum absolute atomic E-state index is 0.174. The fourth-order valence-corrected chi connectivity index (χ4v) is 4.54. The summed E-state index contributed by atoms with van der Waals surface area (Å²) in [5, 5.41) is 0.693. The smallest absolute Gasteiger partial charge is 0.245 e. The number of amides is 2. The van der Waals surface area contributed by atoms with Crippen LogP contribution in [0, 0.1) is 5.92 Å². The number of rotatable bonds is 4. The summed E-state index contributed by atoms with van der Waals surface area (Å²) in [6.07, 6.45) is 9.43. The van der Waals surface area contributed by atoms with Crippen LogP contribution in [-0.2, 0) is 9.59 Å². The summed E-state index contributed by atoms with van der Waals surface area (Å²) >= 11 is 1.91. The van der Waals surface area contributed by atoms with Gasteiger partial charge in [-0.2, -0.15) is 11.8 Å². The van der Waals surface area contributed by atoms with Gasteiger partial charge in [-0.15, -0.1) is 0 Å². The summed E-state index contributed by atoms with van der Waals surface area (Å²) in [7, 11) is 1.94. The molecule has 2 aliphatic carbocycles. The molecule has 1 saturated heterocycles. The van der Waals surface area contributed by atoms with E-state index in [1.165, 1.54) is 6.42 Å². The molecule has 1 aliphatic heterocycles. The first kappa shape index (κ1) is 15.2. The molecule has 0 radical (unpaired) electrons. The molecule has 4 nitrogen and oxygen atoms in total. The van der Waals surface area contributed by atoms with Gasteiger partial charge in [-0.25, -0.2) is 0 Å². The second-order valence-electron chi connectivity index (χ2n) is 6.74. The average molecular weight is 310 g/mol. The first-order valence-corrected chi connectivity index (χ1v) is 9.50. The number of likely N-dealkylation sites (tertiary alicyclic amines) is 1. The van der Waals surface area contributed by atoms with Crippen LogP contribution in [0.15, 0.2) is 0 Å². The Kier molecular flexibility index (Phi) is 4.48. The Labute approximate surface area is 131 Å². The monoisotopic (exact) mass is 310 g/mol. The minimum Gasteiger partial charge on any atom is -0.341 e. The number of thioether (sulfide) groups is 1. The topological polar surface area (TPSA) is 40.6 Å². The maximum Gasteiger partial charge on any atom is 0.245 e. The number of likely N-dealkylation sites (N-methyl/N-ethyl adjacent to an activating group) is 1. The molecule has 2 amide bonds. The highest BCUT2D eigenvalue weighted by molar-refractivity contribution is 7.99. The second-order valence-corrected chi connectivity index (χ2v) is 7.88. The van der Waals surface area contributed by atoms with Gasteiger partial charge < -0.3 is 9.80 Å². The molecule has 0 spiro atoms. The third-order valence-corrected chi connectivity index (χ3v) is 6.43. The standard InChI is InChI=1S/C16H26N2O2S/c1-17(12-7-8-13(10-12)21-2)16(20)14-4-3-9-18(14)15(19)11-5-6-11/h11-14H,3-10H2,1-2H3. The largest absolute Gasteiger partial charge is 0.341 e.